The average molecular weight is 662 g/mol. The molecule has 4 rings (SSSR count). The van der Waals surface area contributed by atoms with Gasteiger partial charge in [0.25, 0.3) is 11.5 Å². The first-order valence-electron chi connectivity index (χ1n) is 11.7. The van der Waals surface area contributed by atoms with E-state index in [1.165, 1.54) is 31.3 Å². The molecule has 0 radical (unpaired) electrons. The van der Waals surface area contributed by atoms with Crippen LogP contribution in [0.25, 0.3) is 22.3 Å². The minimum Gasteiger partial charge on any atom is -0.455 e. The van der Waals surface area contributed by atoms with Crippen LogP contribution in [0, 0.1) is 0 Å². The summed E-state index contributed by atoms with van der Waals surface area (Å²) in [4.78, 5) is 29.0. The Balaban J connectivity index is 1.81. The molecule has 0 atom stereocenters. The average Bonchev–Trinajstić information content (AvgIpc) is 3.22. The van der Waals surface area contributed by atoms with Crippen LogP contribution in [0.3, 0.4) is 0 Å². The highest BCUT2D eigenvalue weighted by atomic mass is 79.9. The Morgan fingerprint density at radius 1 is 1.20 bits per heavy atom. The van der Waals surface area contributed by atoms with Crippen LogP contribution in [0.15, 0.2) is 56.1 Å². The van der Waals surface area contributed by atoms with E-state index >= 15 is 0 Å². The zero-order chi connectivity index (χ0) is 29.4. The molecule has 1 amide bonds. The third-order valence-electron chi connectivity index (χ3n) is 5.88. The van der Waals surface area contributed by atoms with Crippen LogP contribution in [-0.2, 0) is 23.0 Å². The number of hydrogen-bond donors (Lipinski definition) is 2. The van der Waals surface area contributed by atoms with E-state index in [1.54, 1.807) is 27.5 Å². The molecule has 0 spiro atoms. The number of alkyl halides is 3. The predicted molar refractivity (Wildman–Crippen MR) is 148 cm³/mol. The third-order valence-corrected chi connectivity index (χ3v) is 8.10. The van der Waals surface area contributed by atoms with Gasteiger partial charge in [0.1, 0.15) is 22.1 Å². The number of anilines is 1. The van der Waals surface area contributed by atoms with Crippen molar-refractivity contribution in [1.82, 2.24) is 14.9 Å². The second kappa shape index (κ2) is 11.3. The lowest BCUT2D eigenvalue weighted by Crippen LogP contribution is -2.31. The van der Waals surface area contributed by atoms with Crippen molar-refractivity contribution in [3.8, 4) is 11.3 Å². The molecule has 0 fully saturated rings. The molecule has 15 heteroatoms. The van der Waals surface area contributed by atoms with Crippen LogP contribution in [0.5, 0.6) is 0 Å². The van der Waals surface area contributed by atoms with Gasteiger partial charge in [0.05, 0.1) is 10.2 Å². The predicted octanol–water partition coefficient (Wildman–Crippen LogP) is 5.69. The van der Waals surface area contributed by atoms with Crippen molar-refractivity contribution < 1.29 is 30.8 Å². The number of hydrogen-bond acceptors (Lipinski definition) is 6. The molecular weight excluding hydrogens is 641 g/mol. The highest BCUT2D eigenvalue weighted by molar-refractivity contribution is 9.10. The largest absolute Gasteiger partial charge is 0.516 e. The highest BCUT2D eigenvalue weighted by Crippen LogP contribution is 2.42. The number of carbonyl (C=O) groups excluding carboxylic acids is 1. The Morgan fingerprint density at radius 2 is 1.90 bits per heavy atom. The molecule has 2 aromatic heterocycles. The minimum absolute atomic E-state index is 0.0365. The van der Waals surface area contributed by atoms with Crippen molar-refractivity contribution >= 4 is 60.1 Å². The Hall–Kier alpha value is -3.36. The maximum absolute atomic E-state index is 13.0. The smallest absolute Gasteiger partial charge is 0.455 e. The van der Waals surface area contributed by atoms with E-state index in [0.29, 0.717) is 39.7 Å². The lowest BCUT2D eigenvalue weighted by atomic mass is 10.1. The summed E-state index contributed by atoms with van der Waals surface area (Å²) in [5.74, 6) is -0.0977. The Labute approximate surface area is 239 Å². The van der Waals surface area contributed by atoms with E-state index < -0.39 is 27.0 Å². The normalized spacial score (nSPS) is 12.1. The number of nitrogens with zero attached hydrogens (tertiary/aromatic N) is 2. The van der Waals surface area contributed by atoms with Crippen molar-refractivity contribution in [2.45, 2.75) is 31.8 Å². The number of carbonyl (C=O) groups is 1. The number of halogens is 5. The SMILES string of the molecule is CCCc1nc(=O)c(Cl)c(C(=O)NC)n1Cc1ccc2oc(-c3ccccc3NS(=O)(=O)C(F)(F)F)c(Br)c2c1. The summed E-state index contributed by atoms with van der Waals surface area (Å²) in [5, 5.41) is 2.70. The summed E-state index contributed by atoms with van der Waals surface area (Å²) >= 11 is 9.62. The van der Waals surface area contributed by atoms with Crippen LogP contribution >= 0.6 is 27.5 Å². The lowest BCUT2D eigenvalue weighted by Gasteiger charge is -2.18. The Morgan fingerprint density at radius 3 is 2.55 bits per heavy atom. The van der Waals surface area contributed by atoms with E-state index in [4.69, 9.17) is 16.0 Å². The van der Waals surface area contributed by atoms with E-state index in [1.807, 2.05) is 6.92 Å². The van der Waals surface area contributed by atoms with Crippen molar-refractivity contribution in [3.05, 3.63) is 79.4 Å². The number of fused-ring (bicyclic) bond motifs is 1. The first kappa shape index (κ1) is 29.6. The Kier molecular flexibility index (Phi) is 8.33. The van der Waals surface area contributed by atoms with Gasteiger partial charge < -0.3 is 14.3 Å². The van der Waals surface area contributed by atoms with E-state index in [-0.39, 0.29) is 34.3 Å². The molecule has 0 aliphatic rings. The molecule has 0 bridgehead atoms. The molecule has 212 valence electrons. The van der Waals surface area contributed by atoms with Gasteiger partial charge in [0.2, 0.25) is 0 Å². The quantitative estimate of drug-likeness (QED) is 0.250. The maximum Gasteiger partial charge on any atom is 0.516 e. The lowest BCUT2D eigenvalue weighted by molar-refractivity contribution is -0.0429. The number of aryl methyl sites for hydroxylation is 1. The first-order valence-corrected chi connectivity index (χ1v) is 14.3. The van der Waals surface area contributed by atoms with Crippen molar-refractivity contribution in [3.63, 3.8) is 0 Å². The molecular formula is C25H21BrClF3N4O5S. The molecule has 4 aromatic rings. The number of aromatic nitrogens is 2. The van der Waals surface area contributed by atoms with Crippen LogP contribution in [-0.4, -0.2) is 36.4 Å². The van der Waals surface area contributed by atoms with Crippen LogP contribution in [0.1, 0.15) is 35.2 Å². The standard InChI is InChI=1S/C25H21BrClF3N4O5S/c1-3-6-18-32-23(35)20(27)21(24(36)31-2)34(18)12-13-9-10-17-15(11-13)19(26)22(39-17)14-7-4-5-8-16(14)33-40(37,38)25(28,29)30/h4-5,7-11,33H,3,6,12H2,1-2H3,(H,31,36). The number of nitrogens with one attached hydrogen (secondary N) is 2. The molecule has 0 saturated carbocycles. The monoisotopic (exact) mass is 660 g/mol. The van der Waals surface area contributed by atoms with E-state index in [9.17, 15) is 31.2 Å². The summed E-state index contributed by atoms with van der Waals surface area (Å²) in [7, 11) is -4.26. The van der Waals surface area contributed by atoms with Gasteiger partial charge in [0, 0.05) is 31.0 Å². The number of sulfonamides is 1. The number of para-hydroxylation sites is 1. The molecule has 0 saturated heterocycles. The zero-order valence-electron chi connectivity index (χ0n) is 20.9. The van der Waals surface area contributed by atoms with Crippen molar-refractivity contribution in [1.29, 1.82) is 0 Å². The first-order chi connectivity index (χ1) is 18.8. The summed E-state index contributed by atoms with van der Waals surface area (Å²) in [6.07, 6.45) is 1.05. The van der Waals surface area contributed by atoms with Gasteiger partial charge in [-0.15, -0.1) is 0 Å². The third kappa shape index (κ3) is 5.60. The molecule has 9 nitrogen and oxygen atoms in total. The van der Waals surface area contributed by atoms with Crippen LogP contribution in [0.4, 0.5) is 18.9 Å². The molecule has 2 heterocycles. The molecule has 2 N–H and O–H groups in total. The molecule has 0 aliphatic heterocycles. The number of furan rings is 1. The van der Waals surface area contributed by atoms with Crippen LogP contribution in [0.2, 0.25) is 5.02 Å². The number of amides is 1. The molecule has 0 unspecified atom stereocenters. The number of rotatable bonds is 8. The fourth-order valence-electron chi connectivity index (χ4n) is 4.04. The second-order valence-electron chi connectivity index (χ2n) is 8.58. The fourth-order valence-corrected chi connectivity index (χ4v) is 5.46. The van der Waals surface area contributed by atoms with Gasteiger partial charge in [-0.1, -0.05) is 36.7 Å². The van der Waals surface area contributed by atoms with Gasteiger partial charge in [0.15, 0.2) is 5.76 Å². The highest BCUT2D eigenvalue weighted by Gasteiger charge is 2.46. The maximum atomic E-state index is 13.0. The van der Waals surface area contributed by atoms with E-state index in [2.05, 4.69) is 26.2 Å². The van der Waals surface area contributed by atoms with E-state index in [0.717, 1.165) is 0 Å². The summed E-state index contributed by atoms with van der Waals surface area (Å²) in [6.45, 7) is 2.00. The van der Waals surface area contributed by atoms with Crippen molar-refractivity contribution in [2.24, 2.45) is 0 Å². The van der Waals surface area contributed by atoms with Gasteiger partial charge in [-0.25, -0.2) is 0 Å². The molecule has 2 aromatic carbocycles. The topological polar surface area (TPSA) is 123 Å². The summed E-state index contributed by atoms with van der Waals surface area (Å²) < 4.78 is 71.9. The second-order valence-corrected chi connectivity index (χ2v) is 11.4. The molecule has 40 heavy (non-hydrogen) atoms. The van der Waals surface area contributed by atoms with Crippen molar-refractivity contribution in [2.75, 3.05) is 11.8 Å². The molecule has 0 aliphatic carbocycles. The summed E-state index contributed by atoms with van der Waals surface area (Å²) in [6, 6.07) is 10.6. The van der Waals surface area contributed by atoms with Gasteiger partial charge in [-0.3, -0.25) is 14.3 Å². The fraction of sp³-hybridized carbons (Fsp3) is 0.240. The number of benzene rings is 2. The van der Waals surface area contributed by atoms with Crippen LogP contribution < -0.4 is 15.6 Å². The van der Waals surface area contributed by atoms with Gasteiger partial charge in [-0.2, -0.15) is 26.6 Å². The zero-order valence-corrected chi connectivity index (χ0v) is 24.1. The summed E-state index contributed by atoms with van der Waals surface area (Å²) in [5.41, 5.74) is -5.49. The Bertz CT molecular complexity index is 1790. The van der Waals surface area contributed by atoms with Gasteiger partial charge >= 0.3 is 15.5 Å². The minimum atomic E-state index is -5.68. The van der Waals surface area contributed by atoms with Gasteiger partial charge in [-0.05, 0) is 52.2 Å².